The molecule has 1 aromatic rings. The lowest BCUT2D eigenvalue weighted by atomic mass is 9.97. The Kier molecular flexibility index (Phi) is 2.28. The minimum Gasteiger partial charge on any atom is -0.168 e. The van der Waals surface area contributed by atoms with Gasteiger partial charge in [-0.15, -0.1) is 0 Å². The van der Waals surface area contributed by atoms with Crippen LogP contribution in [0, 0.1) is 6.92 Å². The molecule has 0 unspecified atom stereocenters. The summed E-state index contributed by atoms with van der Waals surface area (Å²) < 4.78 is -0.0225. The van der Waals surface area contributed by atoms with E-state index >= 15 is 0 Å². The third-order valence-corrected chi connectivity index (χ3v) is 2.05. The van der Waals surface area contributed by atoms with E-state index in [0.717, 1.165) is 0 Å². The molecule has 1 heteroatoms. The van der Waals surface area contributed by atoms with Crippen molar-refractivity contribution in [3.05, 3.63) is 35.4 Å². The molecule has 1 aromatic carbocycles. The molecular weight excluding hydrogens is 152 g/mol. The zero-order valence-electron chi connectivity index (χ0n) is 7.26. The van der Waals surface area contributed by atoms with Crippen LogP contribution in [0.3, 0.4) is 0 Å². The lowest BCUT2D eigenvalue weighted by Gasteiger charge is -2.20. The minimum absolute atomic E-state index is 0.0225. The number of rotatable bonds is 1. The predicted octanol–water partition coefficient (Wildman–Crippen LogP) is 3.16. The molecule has 0 fully saturated rings. The summed E-state index contributed by atoms with van der Waals surface area (Å²) in [5, 5.41) is 0. The quantitative estimate of drug-likeness (QED) is 0.609. The fraction of sp³-hybridized carbons (Fsp3) is 0.400. The second kappa shape index (κ2) is 2.90. The van der Waals surface area contributed by atoms with Crippen LogP contribution in [0.1, 0.15) is 25.0 Å². The molecule has 0 aliphatic heterocycles. The summed E-state index contributed by atoms with van der Waals surface area (Å²) in [6.07, 6.45) is 0. The van der Waals surface area contributed by atoms with Gasteiger partial charge in [-0.3, -0.25) is 0 Å². The maximum atomic E-state index is 4.51. The zero-order valence-corrected chi connectivity index (χ0v) is 8.15. The van der Waals surface area contributed by atoms with E-state index in [-0.39, 0.29) is 4.75 Å². The second-order valence-corrected chi connectivity index (χ2v) is 4.49. The first-order valence-electron chi connectivity index (χ1n) is 3.80. The van der Waals surface area contributed by atoms with Crippen LogP contribution in [0.5, 0.6) is 0 Å². The summed E-state index contributed by atoms with van der Waals surface area (Å²) in [5.74, 6) is 0. The van der Waals surface area contributed by atoms with Gasteiger partial charge in [-0.05, 0) is 31.9 Å². The molecule has 1 rings (SSSR count). The number of hydrogen-bond donors (Lipinski definition) is 1. The largest absolute Gasteiger partial charge is 0.168 e. The lowest BCUT2D eigenvalue weighted by Crippen LogP contribution is -2.09. The van der Waals surface area contributed by atoms with E-state index in [4.69, 9.17) is 0 Å². The highest BCUT2D eigenvalue weighted by atomic mass is 32.1. The average Bonchev–Trinajstić information content (AvgIpc) is 1.86. The zero-order chi connectivity index (χ0) is 8.48. The van der Waals surface area contributed by atoms with Gasteiger partial charge in [0.15, 0.2) is 0 Å². The van der Waals surface area contributed by atoms with E-state index in [9.17, 15) is 0 Å². The third kappa shape index (κ3) is 2.00. The molecule has 11 heavy (non-hydrogen) atoms. The van der Waals surface area contributed by atoms with E-state index < -0.39 is 0 Å². The molecule has 0 aliphatic carbocycles. The molecule has 0 saturated heterocycles. The van der Waals surface area contributed by atoms with Crippen molar-refractivity contribution < 1.29 is 0 Å². The Bertz CT molecular complexity index is 245. The van der Waals surface area contributed by atoms with Crippen LogP contribution >= 0.6 is 12.6 Å². The monoisotopic (exact) mass is 166 g/mol. The van der Waals surface area contributed by atoms with Gasteiger partial charge in [-0.25, -0.2) is 0 Å². The van der Waals surface area contributed by atoms with E-state index in [1.807, 2.05) is 0 Å². The summed E-state index contributed by atoms with van der Waals surface area (Å²) in [6.45, 7) is 6.34. The SMILES string of the molecule is Cc1ccccc1C(C)(C)S. The maximum Gasteiger partial charge on any atom is 0.0324 e. The fourth-order valence-electron chi connectivity index (χ4n) is 1.26. The molecule has 0 bridgehead atoms. The molecule has 0 nitrogen and oxygen atoms in total. The summed E-state index contributed by atoms with van der Waals surface area (Å²) in [6, 6.07) is 8.36. The summed E-state index contributed by atoms with van der Waals surface area (Å²) in [4.78, 5) is 0. The van der Waals surface area contributed by atoms with E-state index in [1.54, 1.807) is 0 Å². The van der Waals surface area contributed by atoms with Crippen LogP contribution in [-0.2, 0) is 4.75 Å². The van der Waals surface area contributed by atoms with Crippen LogP contribution in [0.25, 0.3) is 0 Å². The predicted molar refractivity (Wildman–Crippen MR) is 53.2 cm³/mol. The summed E-state index contributed by atoms with van der Waals surface area (Å²) >= 11 is 4.51. The van der Waals surface area contributed by atoms with Gasteiger partial charge >= 0.3 is 0 Å². The molecule has 0 atom stereocenters. The van der Waals surface area contributed by atoms with Gasteiger partial charge in [0.05, 0.1) is 0 Å². The van der Waals surface area contributed by atoms with Crippen LogP contribution in [0.15, 0.2) is 24.3 Å². The smallest absolute Gasteiger partial charge is 0.0324 e. The lowest BCUT2D eigenvalue weighted by molar-refractivity contribution is 0.783. The van der Waals surface area contributed by atoms with Gasteiger partial charge in [-0.1, -0.05) is 24.3 Å². The first-order valence-corrected chi connectivity index (χ1v) is 4.25. The highest BCUT2D eigenvalue weighted by Crippen LogP contribution is 2.28. The first-order chi connectivity index (χ1) is 5.02. The van der Waals surface area contributed by atoms with Crippen molar-refractivity contribution in [1.29, 1.82) is 0 Å². The van der Waals surface area contributed by atoms with E-state index in [0.29, 0.717) is 0 Å². The van der Waals surface area contributed by atoms with Crippen LogP contribution in [-0.4, -0.2) is 0 Å². The molecule has 0 aromatic heterocycles. The Hall–Kier alpha value is -0.430. The highest BCUT2D eigenvalue weighted by molar-refractivity contribution is 7.81. The summed E-state index contributed by atoms with van der Waals surface area (Å²) in [5.41, 5.74) is 2.62. The van der Waals surface area contributed by atoms with Gasteiger partial charge < -0.3 is 0 Å². The van der Waals surface area contributed by atoms with Crippen LogP contribution in [0.2, 0.25) is 0 Å². The average molecular weight is 166 g/mol. The van der Waals surface area contributed by atoms with Gasteiger partial charge in [0.25, 0.3) is 0 Å². The molecule has 0 aliphatic rings. The van der Waals surface area contributed by atoms with Crippen molar-refractivity contribution in [2.75, 3.05) is 0 Å². The van der Waals surface area contributed by atoms with Crippen molar-refractivity contribution in [1.82, 2.24) is 0 Å². The van der Waals surface area contributed by atoms with Crippen molar-refractivity contribution >= 4 is 12.6 Å². The maximum absolute atomic E-state index is 4.51. The molecule has 0 saturated carbocycles. The van der Waals surface area contributed by atoms with Gasteiger partial charge in [0.1, 0.15) is 0 Å². The van der Waals surface area contributed by atoms with Gasteiger partial charge in [0.2, 0.25) is 0 Å². The molecule has 0 radical (unpaired) electrons. The highest BCUT2D eigenvalue weighted by Gasteiger charge is 2.15. The summed E-state index contributed by atoms with van der Waals surface area (Å²) in [7, 11) is 0. The normalized spacial score (nSPS) is 11.6. The van der Waals surface area contributed by atoms with Crippen LogP contribution in [0.4, 0.5) is 0 Å². The first kappa shape index (κ1) is 8.66. The Morgan fingerprint density at radius 2 is 1.73 bits per heavy atom. The molecule has 0 heterocycles. The van der Waals surface area contributed by atoms with E-state index in [1.165, 1.54) is 11.1 Å². The van der Waals surface area contributed by atoms with Crippen LogP contribution < -0.4 is 0 Å². The second-order valence-electron chi connectivity index (χ2n) is 3.37. The van der Waals surface area contributed by atoms with Crippen molar-refractivity contribution in [2.45, 2.75) is 25.5 Å². The Balaban J connectivity index is 3.14. The number of hydrogen-bond acceptors (Lipinski definition) is 1. The van der Waals surface area contributed by atoms with Crippen molar-refractivity contribution in [3.63, 3.8) is 0 Å². The third-order valence-electron chi connectivity index (χ3n) is 1.80. The molecule has 0 amide bonds. The van der Waals surface area contributed by atoms with E-state index in [2.05, 4.69) is 57.7 Å². The number of benzene rings is 1. The standard InChI is InChI=1S/C10H14S/c1-8-6-4-5-7-9(8)10(2,3)11/h4-7,11H,1-3H3. The Labute approximate surface area is 74.0 Å². The van der Waals surface area contributed by atoms with Crippen molar-refractivity contribution in [2.24, 2.45) is 0 Å². The van der Waals surface area contributed by atoms with Crippen molar-refractivity contribution in [3.8, 4) is 0 Å². The Morgan fingerprint density at radius 3 is 2.09 bits per heavy atom. The molecule has 0 spiro atoms. The topological polar surface area (TPSA) is 0 Å². The van der Waals surface area contributed by atoms with Gasteiger partial charge in [0, 0.05) is 4.75 Å². The Morgan fingerprint density at radius 1 is 1.18 bits per heavy atom. The molecule has 0 N–H and O–H groups in total. The molecule has 60 valence electrons. The minimum atomic E-state index is -0.0225. The number of thiol groups is 1. The fourth-order valence-corrected chi connectivity index (χ4v) is 1.51. The van der Waals surface area contributed by atoms with Gasteiger partial charge in [-0.2, -0.15) is 12.6 Å². The number of aryl methyl sites for hydroxylation is 1. The molecular formula is C10H14S.